The molecule has 0 radical (unpaired) electrons. The molecule has 2 aliphatic heterocycles. The molecule has 2 fully saturated rings. The number of halogens is 1. The molecule has 104 valence electrons. The van der Waals surface area contributed by atoms with Gasteiger partial charge in [-0.2, -0.15) is 4.39 Å². The number of piperidine rings is 1. The minimum Gasteiger partial charge on any atom is -0.346 e. The Balaban J connectivity index is 1.54. The molecule has 0 saturated carbocycles. The molecule has 2 unspecified atom stereocenters. The van der Waals surface area contributed by atoms with Crippen LogP contribution in [-0.2, 0) is 0 Å². The third kappa shape index (κ3) is 1.99. The first kappa shape index (κ1) is 12.2. The molecule has 2 aromatic rings. The van der Waals surface area contributed by atoms with E-state index in [0.29, 0.717) is 11.6 Å². The first-order valence-electron chi connectivity index (χ1n) is 6.77. The topological polar surface area (TPSA) is 45.2 Å². The Morgan fingerprint density at radius 1 is 1.45 bits per heavy atom. The number of carbonyl (C=O) groups is 1. The molecule has 2 bridgehead atoms. The standard InChI is InChI=1S/C14H14FN3OS/c15-13-3-9-5-16-10(4-12(9)20-13)14(19)17-11-7-18-2-1-8(11)6-18/h3-5,8,11H,1-2,6-7H2,(H,17,19)/t8-,11?/m0/s1. The second-order valence-electron chi connectivity index (χ2n) is 5.55. The van der Waals surface area contributed by atoms with Crippen LogP contribution in [0.25, 0.3) is 10.1 Å². The van der Waals surface area contributed by atoms with Crippen molar-refractivity contribution < 1.29 is 9.18 Å². The summed E-state index contributed by atoms with van der Waals surface area (Å²) in [4.78, 5) is 18.8. The van der Waals surface area contributed by atoms with E-state index in [9.17, 15) is 9.18 Å². The predicted molar refractivity (Wildman–Crippen MR) is 75.4 cm³/mol. The molecule has 2 aromatic heterocycles. The molecule has 6 heteroatoms. The lowest BCUT2D eigenvalue weighted by molar-refractivity contribution is 0.0919. The van der Waals surface area contributed by atoms with Crippen molar-refractivity contribution in [3.63, 3.8) is 0 Å². The highest BCUT2D eigenvalue weighted by molar-refractivity contribution is 7.17. The molecule has 1 amide bonds. The minimum absolute atomic E-state index is 0.153. The van der Waals surface area contributed by atoms with Crippen molar-refractivity contribution in [1.82, 2.24) is 15.2 Å². The maximum Gasteiger partial charge on any atom is 0.270 e. The Morgan fingerprint density at radius 3 is 3.10 bits per heavy atom. The van der Waals surface area contributed by atoms with Crippen LogP contribution < -0.4 is 5.32 Å². The van der Waals surface area contributed by atoms with E-state index in [1.165, 1.54) is 6.07 Å². The monoisotopic (exact) mass is 291 g/mol. The molecule has 20 heavy (non-hydrogen) atoms. The fourth-order valence-electron chi connectivity index (χ4n) is 3.22. The number of nitrogens with zero attached hydrogens (tertiary/aromatic N) is 2. The number of fused-ring (bicyclic) bond motifs is 3. The van der Waals surface area contributed by atoms with Crippen molar-refractivity contribution in [2.45, 2.75) is 12.5 Å². The van der Waals surface area contributed by atoms with Gasteiger partial charge in [0.15, 0.2) is 5.13 Å². The zero-order valence-electron chi connectivity index (χ0n) is 10.8. The Kier molecular flexibility index (Phi) is 2.75. The Bertz CT molecular complexity index is 686. The summed E-state index contributed by atoms with van der Waals surface area (Å²) in [6.45, 7) is 3.18. The van der Waals surface area contributed by atoms with Crippen LogP contribution in [0.4, 0.5) is 4.39 Å². The molecular formula is C14H14FN3OS. The maximum atomic E-state index is 13.2. The van der Waals surface area contributed by atoms with Crippen molar-refractivity contribution in [3.05, 3.63) is 29.2 Å². The van der Waals surface area contributed by atoms with E-state index in [4.69, 9.17) is 0 Å². The number of hydrogen-bond donors (Lipinski definition) is 1. The van der Waals surface area contributed by atoms with Crippen LogP contribution in [0, 0.1) is 11.0 Å². The zero-order valence-corrected chi connectivity index (χ0v) is 11.6. The lowest BCUT2D eigenvalue weighted by Gasteiger charge is -2.22. The smallest absolute Gasteiger partial charge is 0.270 e. The highest BCUT2D eigenvalue weighted by Gasteiger charge is 2.38. The first-order valence-corrected chi connectivity index (χ1v) is 7.59. The lowest BCUT2D eigenvalue weighted by atomic mass is 10.00. The van der Waals surface area contributed by atoms with Crippen LogP contribution in [0.3, 0.4) is 0 Å². The van der Waals surface area contributed by atoms with Crippen molar-refractivity contribution in [1.29, 1.82) is 0 Å². The summed E-state index contributed by atoms with van der Waals surface area (Å²) in [6.07, 6.45) is 2.72. The van der Waals surface area contributed by atoms with E-state index in [2.05, 4.69) is 15.2 Å². The number of hydrogen-bond acceptors (Lipinski definition) is 4. The molecule has 0 spiro atoms. The summed E-state index contributed by atoms with van der Waals surface area (Å²) in [7, 11) is 0. The SMILES string of the molecule is O=C(NC1CN2CC[C@H]1C2)c1cc2sc(F)cc2cn1. The first-order chi connectivity index (χ1) is 9.69. The van der Waals surface area contributed by atoms with Crippen LogP contribution in [0.5, 0.6) is 0 Å². The fourth-order valence-corrected chi connectivity index (χ4v) is 4.01. The van der Waals surface area contributed by atoms with Crippen LogP contribution in [0.15, 0.2) is 18.3 Å². The summed E-state index contributed by atoms with van der Waals surface area (Å²) < 4.78 is 13.9. The van der Waals surface area contributed by atoms with Gasteiger partial charge < -0.3 is 10.2 Å². The van der Waals surface area contributed by atoms with Gasteiger partial charge >= 0.3 is 0 Å². The van der Waals surface area contributed by atoms with Gasteiger partial charge in [-0.15, -0.1) is 11.3 Å². The van der Waals surface area contributed by atoms with Crippen molar-refractivity contribution >= 4 is 27.3 Å². The summed E-state index contributed by atoms with van der Waals surface area (Å²) in [5, 5.41) is 3.56. The molecular weight excluding hydrogens is 277 g/mol. The highest BCUT2D eigenvalue weighted by Crippen LogP contribution is 2.28. The van der Waals surface area contributed by atoms with Crippen molar-refractivity contribution in [3.8, 4) is 0 Å². The Labute approximate surface area is 119 Å². The highest BCUT2D eigenvalue weighted by atomic mass is 32.1. The number of rotatable bonds is 2. The molecule has 0 aromatic carbocycles. The van der Waals surface area contributed by atoms with Crippen LogP contribution >= 0.6 is 11.3 Å². The predicted octanol–water partition coefficient (Wildman–Crippen LogP) is 1.87. The minimum atomic E-state index is -0.250. The lowest BCUT2D eigenvalue weighted by Crippen LogP contribution is -2.43. The van der Waals surface area contributed by atoms with E-state index in [0.717, 1.165) is 47.5 Å². The zero-order chi connectivity index (χ0) is 13.7. The molecule has 4 rings (SSSR count). The van der Waals surface area contributed by atoms with Gasteiger partial charge in [0.2, 0.25) is 0 Å². The quantitative estimate of drug-likeness (QED) is 0.919. The summed E-state index contributed by atoms with van der Waals surface area (Å²) in [5.41, 5.74) is 0.372. The summed E-state index contributed by atoms with van der Waals surface area (Å²) >= 11 is 1.04. The van der Waals surface area contributed by atoms with Crippen LogP contribution in [-0.4, -0.2) is 41.5 Å². The van der Waals surface area contributed by atoms with Gasteiger partial charge in [0.25, 0.3) is 5.91 Å². The molecule has 4 nitrogen and oxygen atoms in total. The van der Waals surface area contributed by atoms with E-state index < -0.39 is 0 Å². The van der Waals surface area contributed by atoms with E-state index in [1.807, 2.05) is 0 Å². The van der Waals surface area contributed by atoms with Gasteiger partial charge in [-0.3, -0.25) is 9.78 Å². The van der Waals surface area contributed by atoms with Crippen molar-refractivity contribution in [2.75, 3.05) is 19.6 Å². The molecule has 1 N–H and O–H groups in total. The number of thiophene rings is 1. The Morgan fingerprint density at radius 2 is 2.35 bits per heavy atom. The molecule has 3 atom stereocenters. The average Bonchev–Trinajstić information content (AvgIpc) is 3.10. The number of amides is 1. The molecule has 4 heterocycles. The number of nitrogens with one attached hydrogen (secondary N) is 1. The normalized spacial score (nSPS) is 28.1. The third-order valence-corrected chi connectivity index (χ3v) is 5.14. The van der Waals surface area contributed by atoms with E-state index >= 15 is 0 Å². The van der Waals surface area contributed by atoms with Crippen molar-refractivity contribution in [2.24, 2.45) is 5.92 Å². The fraction of sp³-hybridized carbons (Fsp3) is 0.429. The third-order valence-electron chi connectivity index (χ3n) is 4.25. The summed E-state index contributed by atoms with van der Waals surface area (Å²) in [6, 6.07) is 3.35. The number of pyridine rings is 1. The van der Waals surface area contributed by atoms with Gasteiger partial charge in [0.05, 0.1) is 0 Å². The maximum absolute atomic E-state index is 13.2. The van der Waals surface area contributed by atoms with Gasteiger partial charge in [-0.1, -0.05) is 0 Å². The van der Waals surface area contributed by atoms with Gasteiger partial charge in [0.1, 0.15) is 5.69 Å². The van der Waals surface area contributed by atoms with E-state index in [1.54, 1.807) is 12.3 Å². The molecule has 0 aliphatic carbocycles. The van der Waals surface area contributed by atoms with Gasteiger partial charge in [-0.05, 0) is 31.0 Å². The van der Waals surface area contributed by atoms with Gasteiger partial charge in [0, 0.05) is 35.4 Å². The average molecular weight is 291 g/mol. The van der Waals surface area contributed by atoms with Gasteiger partial charge in [-0.25, -0.2) is 0 Å². The number of carbonyl (C=O) groups excluding carboxylic acids is 1. The molecule has 2 aliphatic rings. The second-order valence-corrected chi connectivity index (χ2v) is 6.58. The second kappa shape index (κ2) is 4.49. The van der Waals surface area contributed by atoms with Crippen LogP contribution in [0.1, 0.15) is 16.9 Å². The molecule has 2 saturated heterocycles. The van der Waals surface area contributed by atoms with E-state index in [-0.39, 0.29) is 17.1 Å². The Hall–Kier alpha value is -1.53. The van der Waals surface area contributed by atoms with Crippen LogP contribution in [0.2, 0.25) is 0 Å². The number of aromatic nitrogens is 1. The largest absolute Gasteiger partial charge is 0.346 e. The summed E-state index contributed by atoms with van der Waals surface area (Å²) in [5.74, 6) is 0.418.